The third-order valence-corrected chi connectivity index (χ3v) is 6.86. The van der Waals surface area contributed by atoms with Gasteiger partial charge in [-0.15, -0.1) is 0 Å². The van der Waals surface area contributed by atoms with Crippen molar-refractivity contribution in [1.29, 1.82) is 0 Å². The zero-order valence-electron chi connectivity index (χ0n) is 18.1. The molecular weight excluding hydrogens is 506 g/mol. The molecule has 0 spiro atoms. The van der Waals surface area contributed by atoms with E-state index in [0.717, 1.165) is 18.2 Å². The van der Waals surface area contributed by atoms with Gasteiger partial charge in [-0.2, -0.15) is 0 Å². The van der Waals surface area contributed by atoms with Crippen LogP contribution >= 0.6 is 11.6 Å². The van der Waals surface area contributed by atoms with Crippen LogP contribution in [0.25, 0.3) is 11.1 Å². The van der Waals surface area contributed by atoms with Crippen molar-refractivity contribution in [1.82, 2.24) is 5.32 Å². The molecule has 1 atom stereocenters. The number of halogens is 3. The van der Waals surface area contributed by atoms with Gasteiger partial charge in [0.2, 0.25) is 0 Å². The molecule has 4 bridgehead atoms. The summed E-state index contributed by atoms with van der Waals surface area (Å²) in [5.74, 6) is -3.52. The van der Waals surface area contributed by atoms with Crippen molar-refractivity contribution in [2.24, 2.45) is 0 Å². The lowest BCUT2D eigenvalue weighted by atomic mass is 10.0. The van der Waals surface area contributed by atoms with Crippen molar-refractivity contribution in [3.05, 3.63) is 70.8 Å². The molecule has 12 heteroatoms. The maximum Gasteiger partial charge on any atom is 0.265 e. The van der Waals surface area contributed by atoms with E-state index in [1.54, 1.807) is 18.2 Å². The first-order valence-corrected chi connectivity index (χ1v) is 12.0. The van der Waals surface area contributed by atoms with E-state index in [2.05, 4.69) is 5.32 Å². The van der Waals surface area contributed by atoms with E-state index in [1.165, 1.54) is 13.2 Å². The molecule has 3 N–H and O–H groups in total. The number of carbonyl (C=O) groups is 1. The Labute approximate surface area is 204 Å². The molecule has 35 heavy (non-hydrogen) atoms. The first-order valence-electron chi connectivity index (χ1n) is 10.2. The third kappa shape index (κ3) is 5.02. The van der Waals surface area contributed by atoms with Crippen LogP contribution < -0.4 is 14.8 Å². The predicted octanol–water partition coefficient (Wildman–Crippen LogP) is 3.93. The molecule has 1 amide bonds. The Hall–Kier alpha value is -3.41. The molecule has 0 saturated heterocycles. The van der Waals surface area contributed by atoms with Crippen LogP contribution in [0.2, 0.25) is 5.02 Å². The largest absolute Gasteiger partial charge is 0.505 e. The fourth-order valence-corrected chi connectivity index (χ4v) is 5.02. The molecule has 4 rings (SSSR count). The van der Waals surface area contributed by atoms with Gasteiger partial charge in [-0.05, 0) is 24.3 Å². The molecule has 1 heterocycles. The van der Waals surface area contributed by atoms with E-state index in [4.69, 9.17) is 21.1 Å². The standard InChI is InChI=1S/C23H19ClF2N2O6S/c1-33-11-13-10-27-23(30)12-6-16(24)22(29)21(7-12)35(31,32)28-19-8-15(17(25)9-18(19)26)14-4-2-3-5-20(14)34-13/h2-9,13,28-29H,10-11H2,1H3,(H,27,30)/t13-/m1/s1. The summed E-state index contributed by atoms with van der Waals surface area (Å²) >= 11 is 5.97. The lowest BCUT2D eigenvalue weighted by molar-refractivity contribution is 0.0739. The maximum absolute atomic E-state index is 14.9. The van der Waals surface area contributed by atoms with Crippen molar-refractivity contribution in [3.8, 4) is 22.6 Å². The Morgan fingerprint density at radius 2 is 1.89 bits per heavy atom. The smallest absolute Gasteiger partial charge is 0.265 e. The summed E-state index contributed by atoms with van der Waals surface area (Å²) in [6.07, 6.45) is -0.730. The highest BCUT2D eigenvalue weighted by atomic mass is 35.5. The average molecular weight is 525 g/mol. The molecule has 8 nitrogen and oxygen atoms in total. The van der Waals surface area contributed by atoms with Gasteiger partial charge in [0.05, 0.1) is 23.9 Å². The van der Waals surface area contributed by atoms with E-state index in [-0.39, 0.29) is 35.6 Å². The summed E-state index contributed by atoms with van der Waals surface area (Å²) in [6.45, 7) is -0.0275. The molecule has 0 unspecified atom stereocenters. The Kier molecular flexibility index (Phi) is 6.84. The molecule has 0 fully saturated rings. The molecule has 0 saturated carbocycles. The summed E-state index contributed by atoms with van der Waals surface area (Å²) in [5.41, 5.74) is -0.713. The Bertz CT molecular complexity index is 1420. The van der Waals surface area contributed by atoms with Crippen LogP contribution in [0.3, 0.4) is 0 Å². The number of sulfonamides is 1. The maximum atomic E-state index is 14.9. The summed E-state index contributed by atoms with van der Waals surface area (Å²) in [5, 5.41) is 12.5. The normalized spacial score (nSPS) is 17.1. The number of amides is 1. The molecular formula is C23H19ClF2N2O6S. The van der Waals surface area contributed by atoms with E-state index < -0.39 is 55.0 Å². The first kappa shape index (κ1) is 24.7. The number of benzene rings is 3. The number of hydrogen-bond donors (Lipinski definition) is 3. The molecule has 0 aromatic heterocycles. The predicted molar refractivity (Wildman–Crippen MR) is 124 cm³/mol. The van der Waals surface area contributed by atoms with Gasteiger partial charge in [-0.25, -0.2) is 17.2 Å². The first-order chi connectivity index (χ1) is 16.6. The summed E-state index contributed by atoms with van der Waals surface area (Å²) in [7, 11) is -3.23. The Morgan fingerprint density at radius 1 is 1.14 bits per heavy atom. The van der Waals surface area contributed by atoms with Crippen LogP contribution in [-0.2, 0) is 14.8 Å². The van der Waals surface area contributed by atoms with Crippen LogP contribution in [0.15, 0.2) is 53.4 Å². The SMILES string of the molecule is COC[C@H]1CNC(=O)c2cc(Cl)c(O)c(c2)S(=O)(=O)Nc2cc(c(F)cc2F)-c2ccccc2O1. The van der Waals surface area contributed by atoms with Gasteiger partial charge in [0, 0.05) is 29.9 Å². The van der Waals surface area contributed by atoms with Gasteiger partial charge < -0.3 is 19.9 Å². The van der Waals surface area contributed by atoms with E-state index >= 15 is 0 Å². The van der Waals surface area contributed by atoms with Gasteiger partial charge in [0.15, 0.2) is 5.75 Å². The number of rotatable bonds is 2. The number of para-hydroxylation sites is 1. The van der Waals surface area contributed by atoms with E-state index in [9.17, 15) is 27.1 Å². The minimum atomic E-state index is -4.66. The number of ether oxygens (including phenoxy) is 2. The molecule has 184 valence electrons. The summed E-state index contributed by atoms with van der Waals surface area (Å²) in [6, 6.07) is 9.77. The lowest BCUT2D eigenvalue weighted by Gasteiger charge is -2.21. The van der Waals surface area contributed by atoms with Crippen LogP contribution in [0.5, 0.6) is 11.5 Å². The number of phenolic OH excluding ortho intramolecular Hbond substituents is 1. The van der Waals surface area contributed by atoms with Crippen molar-refractivity contribution >= 4 is 33.2 Å². The lowest BCUT2D eigenvalue weighted by Crippen LogP contribution is -2.38. The highest BCUT2D eigenvalue weighted by Gasteiger charge is 2.27. The highest BCUT2D eigenvalue weighted by molar-refractivity contribution is 7.92. The van der Waals surface area contributed by atoms with Crippen LogP contribution in [0, 0.1) is 11.6 Å². The van der Waals surface area contributed by atoms with Gasteiger partial charge in [-0.3, -0.25) is 9.52 Å². The van der Waals surface area contributed by atoms with E-state index in [0.29, 0.717) is 6.07 Å². The van der Waals surface area contributed by atoms with Crippen LogP contribution in [0.4, 0.5) is 14.5 Å². The zero-order valence-corrected chi connectivity index (χ0v) is 19.7. The second-order valence-corrected chi connectivity index (χ2v) is 9.68. The molecule has 1 aliphatic heterocycles. The Balaban J connectivity index is 1.95. The van der Waals surface area contributed by atoms with Crippen molar-refractivity contribution in [2.45, 2.75) is 11.0 Å². The third-order valence-electron chi connectivity index (χ3n) is 5.19. The average Bonchev–Trinajstić information content (AvgIpc) is 2.80. The molecule has 0 radical (unpaired) electrons. The fraction of sp³-hybridized carbons (Fsp3) is 0.174. The van der Waals surface area contributed by atoms with Crippen molar-refractivity contribution in [3.63, 3.8) is 0 Å². The second kappa shape index (κ2) is 9.68. The van der Waals surface area contributed by atoms with Crippen LogP contribution in [0.1, 0.15) is 10.4 Å². The fourth-order valence-electron chi connectivity index (χ4n) is 3.54. The second-order valence-electron chi connectivity index (χ2n) is 7.62. The molecule has 3 aromatic rings. The van der Waals surface area contributed by atoms with Gasteiger partial charge in [0.25, 0.3) is 15.9 Å². The number of aromatic hydroxyl groups is 1. The number of hydrogen-bond acceptors (Lipinski definition) is 6. The topological polar surface area (TPSA) is 114 Å². The number of anilines is 1. The Morgan fingerprint density at radius 3 is 2.63 bits per heavy atom. The van der Waals surface area contributed by atoms with Crippen molar-refractivity contribution in [2.75, 3.05) is 25.0 Å². The zero-order chi connectivity index (χ0) is 25.3. The minimum absolute atomic E-state index is 0.0449. The number of phenols is 1. The van der Waals surface area contributed by atoms with Crippen LogP contribution in [-0.4, -0.2) is 45.8 Å². The summed E-state index contributed by atoms with van der Waals surface area (Å²) < 4.78 is 68.7. The molecule has 1 aliphatic rings. The van der Waals surface area contributed by atoms with E-state index in [1.807, 2.05) is 4.72 Å². The number of nitrogens with one attached hydrogen (secondary N) is 2. The van der Waals surface area contributed by atoms with Gasteiger partial charge in [-0.1, -0.05) is 29.8 Å². The molecule has 0 aliphatic carbocycles. The minimum Gasteiger partial charge on any atom is -0.505 e. The highest BCUT2D eigenvalue weighted by Crippen LogP contribution is 2.37. The number of fused-ring (bicyclic) bond motifs is 6. The van der Waals surface area contributed by atoms with Gasteiger partial charge >= 0.3 is 0 Å². The summed E-state index contributed by atoms with van der Waals surface area (Å²) in [4.78, 5) is 12.0. The monoisotopic (exact) mass is 524 g/mol. The molecule has 3 aromatic carbocycles. The number of methoxy groups -OCH3 is 1. The number of carbonyl (C=O) groups excluding carboxylic acids is 1. The quantitative estimate of drug-likeness (QED) is 0.468. The van der Waals surface area contributed by atoms with Crippen molar-refractivity contribution < 1.29 is 36.6 Å². The van der Waals surface area contributed by atoms with Gasteiger partial charge in [0.1, 0.15) is 28.4 Å².